The van der Waals surface area contributed by atoms with Gasteiger partial charge in [0.1, 0.15) is 12.0 Å². The topological polar surface area (TPSA) is 103 Å². The van der Waals surface area contributed by atoms with Crippen molar-refractivity contribution < 1.29 is 12.8 Å². The Morgan fingerprint density at radius 3 is 2.52 bits per heavy atom. The lowest BCUT2D eigenvalue weighted by Gasteiger charge is -2.08. The van der Waals surface area contributed by atoms with Gasteiger partial charge in [-0.1, -0.05) is 12.1 Å². The van der Waals surface area contributed by atoms with Crippen LogP contribution in [0.15, 0.2) is 70.7 Å². The molecule has 0 radical (unpaired) electrons. The van der Waals surface area contributed by atoms with Crippen molar-refractivity contribution in [2.75, 3.05) is 0 Å². The zero-order chi connectivity index (χ0) is 20.4. The van der Waals surface area contributed by atoms with Gasteiger partial charge in [-0.15, -0.1) is 0 Å². The quantitative estimate of drug-likeness (QED) is 0.525. The van der Waals surface area contributed by atoms with E-state index in [2.05, 4.69) is 19.8 Å². The molecule has 8 nitrogen and oxygen atoms in total. The molecule has 0 bridgehead atoms. The largest absolute Gasteiger partial charge is 0.449 e. The molecule has 1 aromatic carbocycles. The van der Waals surface area contributed by atoms with Gasteiger partial charge in [-0.25, -0.2) is 18.1 Å². The summed E-state index contributed by atoms with van der Waals surface area (Å²) < 4.78 is 34.8. The highest BCUT2D eigenvalue weighted by molar-refractivity contribution is 7.89. The zero-order valence-electron chi connectivity index (χ0n) is 15.9. The van der Waals surface area contributed by atoms with Gasteiger partial charge in [-0.2, -0.15) is 5.10 Å². The van der Waals surface area contributed by atoms with Crippen molar-refractivity contribution in [2.24, 2.45) is 7.05 Å². The fraction of sp³-hybridized carbons (Fsp3) is 0.150. The van der Waals surface area contributed by atoms with E-state index in [1.54, 1.807) is 60.7 Å². The predicted octanol–water partition coefficient (Wildman–Crippen LogP) is 2.92. The van der Waals surface area contributed by atoms with Gasteiger partial charge in [-0.05, 0) is 23.8 Å². The molecule has 0 aliphatic rings. The fourth-order valence-corrected chi connectivity index (χ4v) is 3.89. The minimum atomic E-state index is -3.66. The van der Waals surface area contributed by atoms with Crippen LogP contribution < -0.4 is 4.72 Å². The lowest BCUT2D eigenvalue weighted by molar-refractivity contribution is 0.521. The molecule has 0 saturated carbocycles. The second-order valence-electron chi connectivity index (χ2n) is 6.59. The molecule has 4 rings (SSSR count). The number of rotatable bonds is 6. The number of hydrogen-bond donors (Lipinski definition) is 1. The lowest BCUT2D eigenvalue weighted by Crippen LogP contribution is -2.23. The maximum atomic E-state index is 12.6. The first kappa shape index (κ1) is 19.0. The summed E-state index contributed by atoms with van der Waals surface area (Å²) in [5.74, 6) is 0.556. The van der Waals surface area contributed by atoms with Gasteiger partial charge in [0.2, 0.25) is 10.0 Å². The SMILES string of the molecule is Cc1nc(-c2ccc(S(=O)(=O)NCc3cncc(-c4cnn(C)c4)c3)cc2)co1. The third kappa shape index (κ3) is 4.25. The first-order chi connectivity index (χ1) is 13.9. The molecule has 0 aliphatic heterocycles. The van der Waals surface area contributed by atoms with E-state index in [-0.39, 0.29) is 11.4 Å². The Labute approximate surface area is 168 Å². The highest BCUT2D eigenvalue weighted by Gasteiger charge is 2.15. The number of aryl methyl sites for hydroxylation is 2. The van der Waals surface area contributed by atoms with Gasteiger partial charge in [0.05, 0.1) is 11.1 Å². The van der Waals surface area contributed by atoms with Crippen LogP contribution in [0, 0.1) is 6.92 Å². The second kappa shape index (κ2) is 7.61. The summed E-state index contributed by atoms with van der Waals surface area (Å²) in [4.78, 5) is 8.62. The van der Waals surface area contributed by atoms with Crippen molar-refractivity contribution in [2.45, 2.75) is 18.4 Å². The highest BCUT2D eigenvalue weighted by Crippen LogP contribution is 2.21. The summed E-state index contributed by atoms with van der Waals surface area (Å²) in [6.45, 7) is 1.89. The first-order valence-electron chi connectivity index (χ1n) is 8.86. The molecule has 148 valence electrons. The summed E-state index contributed by atoms with van der Waals surface area (Å²) in [5, 5.41) is 4.14. The Kier molecular flexibility index (Phi) is 4.99. The summed E-state index contributed by atoms with van der Waals surface area (Å²) in [6.07, 6.45) is 8.52. The van der Waals surface area contributed by atoms with Crippen LogP contribution in [0.1, 0.15) is 11.5 Å². The number of pyridine rings is 1. The third-order valence-corrected chi connectivity index (χ3v) is 5.80. The molecule has 0 spiro atoms. The van der Waals surface area contributed by atoms with Crippen molar-refractivity contribution in [3.63, 3.8) is 0 Å². The Balaban J connectivity index is 1.48. The molecule has 3 aromatic heterocycles. The summed E-state index contributed by atoms with van der Waals surface area (Å²) in [6, 6.07) is 8.40. The second-order valence-corrected chi connectivity index (χ2v) is 8.35. The molecule has 0 atom stereocenters. The van der Waals surface area contributed by atoms with Gasteiger partial charge in [0.25, 0.3) is 0 Å². The summed E-state index contributed by atoms with van der Waals surface area (Å²) in [7, 11) is -1.83. The smallest absolute Gasteiger partial charge is 0.240 e. The number of nitrogens with one attached hydrogen (secondary N) is 1. The van der Waals surface area contributed by atoms with Crippen LogP contribution in [0.4, 0.5) is 0 Å². The molecule has 1 N–H and O–H groups in total. The number of sulfonamides is 1. The van der Waals surface area contributed by atoms with Crippen LogP contribution >= 0.6 is 0 Å². The maximum Gasteiger partial charge on any atom is 0.240 e. The van der Waals surface area contributed by atoms with Crippen LogP contribution in [0.2, 0.25) is 0 Å². The molecule has 0 saturated heterocycles. The van der Waals surface area contributed by atoms with Gasteiger partial charge in [-0.3, -0.25) is 9.67 Å². The number of oxazole rings is 1. The summed E-state index contributed by atoms with van der Waals surface area (Å²) >= 11 is 0. The molecular weight excluding hydrogens is 390 g/mol. The zero-order valence-corrected chi connectivity index (χ0v) is 16.7. The van der Waals surface area contributed by atoms with Crippen molar-refractivity contribution >= 4 is 10.0 Å². The Morgan fingerprint density at radius 2 is 1.86 bits per heavy atom. The van der Waals surface area contributed by atoms with E-state index in [9.17, 15) is 8.42 Å². The van der Waals surface area contributed by atoms with Gasteiger partial charge >= 0.3 is 0 Å². The van der Waals surface area contributed by atoms with Gasteiger partial charge in [0.15, 0.2) is 5.89 Å². The Bertz CT molecular complexity index is 1240. The van der Waals surface area contributed by atoms with Crippen LogP contribution in [0.5, 0.6) is 0 Å². The van der Waals surface area contributed by atoms with E-state index >= 15 is 0 Å². The molecule has 29 heavy (non-hydrogen) atoms. The third-order valence-electron chi connectivity index (χ3n) is 4.38. The normalized spacial score (nSPS) is 11.7. The number of hydrogen-bond acceptors (Lipinski definition) is 6. The van der Waals surface area contributed by atoms with Crippen LogP contribution in [0.3, 0.4) is 0 Å². The molecule has 0 fully saturated rings. The van der Waals surface area contributed by atoms with Crippen molar-refractivity contribution in [3.05, 3.63) is 72.8 Å². The first-order valence-corrected chi connectivity index (χ1v) is 10.3. The van der Waals surface area contributed by atoms with E-state index < -0.39 is 10.0 Å². The fourth-order valence-electron chi connectivity index (χ4n) is 2.87. The molecular formula is C20H19N5O3S. The van der Waals surface area contributed by atoms with E-state index in [1.807, 2.05) is 19.3 Å². The molecule has 4 aromatic rings. The standard InChI is InChI=1S/C20H19N5O3S/c1-14-24-20(13-28-14)16-3-5-19(6-4-16)29(26,27)23-9-15-7-17(10-21-8-15)18-11-22-25(2)12-18/h3-8,10-13,23H,9H2,1-2H3. The molecule has 3 heterocycles. The van der Waals surface area contributed by atoms with Gasteiger partial charge in [0, 0.05) is 55.8 Å². The minimum Gasteiger partial charge on any atom is -0.449 e. The molecule has 0 amide bonds. The van der Waals surface area contributed by atoms with Gasteiger partial charge < -0.3 is 4.42 Å². The Hall–Kier alpha value is -3.30. The molecule has 0 unspecified atom stereocenters. The predicted molar refractivity (Wildman–Crippen MR) is 107 cm³/mol. The van der Waals surface area contributed by atoms with E-state index in [0.29, 0.717) is 11.6 Å². The van der Waals surface area contributed by atoms with Crippen LogP contribution in [-0.2, 0) is 23.6 Å². The van der Waals surface area contributed by atoms with Crippen LogP contribution in [-0.4, -0.2) is 28.2 Å². The lowest BCUT2D eigenvalue weighted by atomic mass is 10.1. The van der Waals surface area contributed by atoms with Crippen LogP contribution in [0.25, 0.3) is 22.4 Å². The molecule has 9 heteroatoms. The monoisotopic (exact) mass is 409 g/mol. The van der Waals surface area contributed by atoms with E-state index in [0.717, 1.165) is 22.3 Å². The highest BCUT2D eigenvalue weighted by atomic mass is 32.2. The summed E-state index contributed by atoms with van der Waals surface area (Å²) in [5.41, 5.74) is 4.00. The molecule has 0 aliphatic carbocycles. The number of aromatic nitrogens is 4. The Morgan fingerprint density at radius 1 is 1.07 bits per heavy atom. The number of benzene rings is 1. The average molecular weight is 409 g/mol. The van der Waals surface area contributed by atoms with Crippen molar-refractivity contribution in [3.8, 4) is 22.4 Å². The van der Waals surface area contributed by atoms with E-state index in [4.69, 9.17) is 4.42 Å². The van der Waals surface area contributed by atoms with E-state index in [1.165, 1.54) is 0 Å². The van der Waals surface area contributed by atoms with Crippen molar-refractivity contribution in [1.29, 1.82) is 0 Å². The minimum absolute atomic E-state index is 0.133. The number of nitrogens with zero attached hydrogens (tertiary/aromatic N) is 4. The maximum absolute atomic E-state index is 12.6. The van der Waals surface area contributed by atoms with Crippen molar-refractivity contribution in [1.82, 2.24) is 24.5 Å². The average Bonchev–Trinajstić information content (AvgIpc) is 3.35.